The smallest absolute Gasteiger partial charge is 0.252 e. The number of amides is 1. The molecule has 0 saturated carbocycles. The summed E-state index contributed by atoms with van der Waals surface area (Å²) in [6.45, 7) is 3.44. The number of aromatic nitrogens is 2. The maximum absolute atomic E-state index is 12.6. The van der Waals surface area contributed by atoms with Crippen molar-refractivity contribution in [2.24, 2.45) is 0 Å². The summed E-state index contributed by atoms with van der Waals surface area (Å²) in [5.41, 5.74) is 1.14. The number of rotatable bonds is 5. The second kappa shape index (κ2) is 8.78. The molecule has 2 aromatic rings. The lowest BCUT2D eigenvalue weighted by Crippen LogP contribution is -2.42. The maximum Gasteiger partial charge on any atom is 0.252 e. The van der Waals surface area contributed by atoms with Gasteiger partial charge >= 0.3 is 0 Å². The predicted molar refractivity (Wildman–Crippen MR) is 104 cm³/mol. The molecule has 1 fully saturated rings. The number of ketones is 1. The van der Waals surface area contributed by atoms with E-state index in [0.29, 0.717) is 48.9 Å². The monoisotopic (exact) mass is 406 g/mol. The zero-order valence-electron chi connectivity index (χ0n) is 14.9. The highest BCUT2D eigenvalue weighted by Gasteiger charge is 2.27. The Bertz CT molecular complexity index is 849. The summed E-state index contributed by atoms with van der Waals surface area (Å²) in [6, 6.07) is 6.64. The summed E-state index contributed by atoms with van der Waals surface area (Å²) in [6.07, 6.45) is 2.72. The lowest BCUT2D eigenvalue weighted by Gasteiger charge is -2.33. The molecule has 6 nitrogen and oxygen atoms in total. The maximum atomic E-state index is 12.6. The van der Waals surface area contributed by atoms with E-state index in [-0.39, 0.29) is 22.8 Å². The number of benzene rings is 1. The van der Waals surface area contributed by atoms with Gasteiger partial charge in [-0.3, -0.25) is 14.5 Å². The van der Waals surface area contributed by atoms with Crippen molar-refractivity contribution in [2.75, 3.05) is 19.6 Å². The molecule has 1 unspecified atom stereocenters. The van der Waals surface area contributed by atoms with Crippen LogP contribution in [0, 0.1) is 6.92 Å². The highest BCUT2D eigenvalue weighted by Crippen LogP contribution is 2.26. The Hall–Kier alpha value is -2.02. The minimum Gasteiger partial charge on any atom is -0.350 e. The Labute approximate surface area is 167 Å². The van der Waals surface area contributed by atoms with Crippen LogP contribution in [0.15, 0.2) is 30.5 Å². The molecule has 8 heteroatoms. The molecule has 1 N–H and O–H groups in total. The molecule has 1 aromatic heterocycles. The molecule has 0 aliphatic carbocycles. The van der Waals surface area contributed by atoms with E-state index in [1.807, 2.05) is 13.0 Å². The Kier molecular flexibility index (Phi) is 6.42. The van der Waals surface area contributed by atoms with E-state index in [1.165, 1.54) is 0 Å². The van der Waals surface area contributed by atoms with E-state index in [1.54, 1.807) is 24.4 Å². The summed E-state index contributed by atoms with van der Waals surface area (Å²) < 4.78 is 0. The first kappa shape index (κ1) is 19.7. The average molecular weight is 407 g/mol. The van der Waals surface area contributed by atoms with E-state index in [2.05, 4.69) is 20.2 Å². The molecule has 142 valence electrons. The third-order valence-electron chi connectivity index (χ3n) is 4.59. The summed E-state index contributed by atoms with van der Waals surface area (Å²) in [5.74, 6) is 0.625. The Morgan fingerprint density at radius 2 is 2.00 bits per heavy atom. The molecule has 27 heavy (non-hydrogen) atoms. The first-order valence-corrected chi connectivity index (χ1v) is 9.49. The van der Waals surface area contributed by atoms with E-state index in [9.17, 15) is 9.59 Å². The quantitative estimate of drug-likeness (QED) is 0.824. The van der Waals surface area contributed by atoms with Crippen molar-refractivity contribution in [3.8, 4) is 0 Å². The first-order chi connectivity index (χ1) is 13.0. The minimum absolute atomic E-state index is 0.151. The number of hydrogen-bond acceptors (Lipinski definition) is 5. The number of likely N-dealkylation sites (tertiary alicyclic amines) is 1. The van der Waals surface area contributed by atoms with Crippen LogP contribution >= 0.6 is 23.2 Å². The van der Waals surface area contributed by atoms with Crippen LogP contribution in [0.1, 0.15) is 40.8 Å². The van der Waals surface area contributed by atoms with Gasteiger partial charge in [0.25, 0.3) is 5.91 Å². The largest absolute Gasteiger partial charge is 0.350 e. The fourth-order valence-corrected chi connectivity index (χ4v) is 3.52. The van der Waals surface area contributed by atoms with Gasteiger partial charge in [-0.2, -0.15) is 0 Å². The molecule has 2 heterocycles. The number of carbonyl (C=O) groups excluding carboxylic acids is 2. The zero-order chi connectivity index (χ0) is 19.4. The number of piperidine rings is 1. The minimum atomic E-state index is -0.300. The zero-order valence-corrected chi connectivity index (χ0v) is 16.4. The van der Waals surface area contributed by atoms with Gasteiger partial charge in [-0.25, -0.2) is 9.97 Å². The van der Waals surface area contributed by atoms with Crippen molar-refractivity contribution in [1.82, 2.24) is 20.2 Å². The third-order valence-corrected chi connectivity index (χ3v) is 5.41. The second-order valence-electron chi connectivity index (χ2n) is 6.43. The van der Waals surface area contributed by atoms with E-state index < -0.39 is 0 Å². The van der Waals surface area contributed by atoms with Gasteiger partial charge in [-0.1, -0.05) is 29.3 Å². The van der Waals surface area contributed by atoms with Crippen molar-refractivity contribution in [3.05, 3.63) is 57.6 Å². The summed E-state index contributed by atoms with van der Waals surface area (Å²) in [7, 11) is 0. The molecule has 0 bridgehead atoms. The van der Waals surface area contributed by atoms with Crippen molar-refractivity contribution in [2.45, 2.75) is 25.8 Å². The number of nitrogens with zero attached hydrogens (tertiary/aromatic N) is 3. The van der Waals surface area contributed by atoms with Crippen LogP contribution in [-0.4, -0.2) is 46.2 Å². The van der Waals surface area contributed by atoms with Gasteiger partial charge in [0, 0.05) is 38.7 Å². The molecule has 0 spiro atoms. The molecule has 0 radical (unpaired) electrons. The first-order valence-electron chi connectivity index (χ1n) is 8.73. The Morgan fingerprint density at radius 3 is 2.70 bits per heavy atom. The Balaban J connectivity index is 1.78. The number of carbonyl (C=O) groups is 2. The molecule has 3 rings (SSSR count). The molecule has 1 aromatic carbocycles. The van der Waals surface area contributed by atoms with Crippen LogP contribution in [0.2, 0.25) is 10.0 Å². The molecule has 1 atom stereocenters. The number of hydrogen-bond donors (Lipinski definition) is 1. The fourth-order valence-electron chi connectivity index (χ4n) is 3.13. The van der Waals surface area contributed by atoms with Gasteiger partial charge < -0.3 is 5.32 Å². The third kappa shape index (κ3) is 4.83. The summed E-state index contributed by atoms with van der Waals surface area (Å²) in [4.78, 5) is 35.0. The predicted octanol–water partition coefficient (Wildman–Crippen LogP) is 3.23. The lowest BCUT2D eigenvalue weighted by molar-refractivity contribution is -0.122. The lowest BCUT2D eigenvalue weighted by atomic mass is 10.0. The molecule has 1 aliphatic heterocycles. The highest BCUT2D eigenvalue weighted by atomic mass is 35.5. The fraction of sp³-hybridized carbons (Fsp3) is 0.368. The number of nitrogens with one attached hydrogen (secondary N) is 1. The van der Waals surface area contributed by atoms with Gasteiger partial charge in [0.1, 0.15) is 11.6 Å². The van der Waals surface area contributed by atoms with Gasteiger partial charge in [0.2, 0.25) is 0 Å². The average Bonchev–Trinajstić information content (AvgIpc) is 2.65. The SMILES string of the molecule is Cc1nccc(C(CNC(=O)c2cccc(Cl)c2Cl)N2CCC(=O)CC2)n1. The van der Waals surface area contributed by atoms with Gasteiger partial charge in [-0.05, 0) is 25.1 Å². The molecule has 1 amide bonds. The number of Topliss-reactive ketones (excluding diaryl/α,β-unsaturated/α-hetero) is 1. The normalized spacial score (nSPS) is 16.2. The van der Waals surface area contributed by atoms with E-state index >= 15 is 0 Å². The highest BCUT2D eigenvalue weighted by molar-refractivity contribution is 6.43. The van der Waals surface area contributed by atoms with Crippen LogP contribution in [0.4, 0.5) is 0 Å². The summed E-state index contributed by atoms with van der Waals surface area (Å²) >= 11 is 12.1. The second-order valence-corrected chi connectivity index (χ2v) is 7.22. The van der Waals surface area contributed by atoms with Gasteiger partial charge in [0.15, 0.2) is 0 Å². The van der Waals surface area contributed by atoms with Crippen LogP contribution in [0.3, 0.4) is 0 Å². The van der Waals surface area contributed by atoms with Crippen LogP contribution in [0.5, 0.6) is 0 Å². The molecule has 1 saturated heterocycles. The Morgan fingerprint density at radius 1 is 1.26 bits per heavy atom. The molecular weight excluding hydrogens is 387 g/mol. The molecular formula is C19H20Cl2N4O2. The van der Waals surface area contributed by atoms with E-state index in [0.717, 1.165) is 5.69 Å². The standard InChI is InChI=1S/C19H20Cl2N4O2/c1-12-22-8-5-16(24-12)17(25-9-6-13(26)7-10-25)11-23-19(27)14-3-2-4-15(20)18(14)21/h2-5,8,17H,6-7,9-11H2,1H3,(H,23,27). The van der Waals surface area contributed by atoms with E-state index in [4.69, 9.17) is 23.2 Å². The van der Waals surface area contributed by atoms with Gasteiger partial charge in [-0.15, -0.1) is 0 Å². The van der Waals surface area contributed by atoms with Crippen molar-refractivity contribution in [3.63, 3.8) is 0 Å². The summed E-state index contributed by atoms with van der Waals surface area (Å²) in [5, 5.41) is 3.49. The van der Waals surface area contributed by atoms with Crippen molar-refractivity contribution >= 4 is 34.9 Å². The number of aryl methyl sites for hydroxylation is 1. The van der Waals surface area contributed by atoms with Crippen LogP contribution < -0.4 is 5.32 Å². The van der Waals surface area contributed by atoms with Crippen LogP contribution in [0.25, 0.3) is 0 Å². The van der Waals surface area contributed by atoms with Crippen molar-refractivity contribution in [1.29, 1.82) is 0 Å². The van der Waals surface area contributed by atoms with Crippen molar-refractivity contribution < 1.29 is 9.59 Å². The molecule has 1 aliphatic rings. The van der Waals surface area contributed by atoms with Gasteiger partial charge in [0.05, 0.1) is 27.3 Å². The number of halogens is 2. The van der Waals surface area contributed by atoms with Crippen LogP contribution in [-0.2, 0) is 4.79 Å². The topological polar surface area (TPSA) is 75.2 Å².